The number of benzene rings is 1. The summed E-state index contributed by atoms with van der Waals surface area (Å²) in [6.07, 6.45) is 8.98. The van der Waals surface area contributed by atoms with Crippen molar-refractivity contribution >= 4 is 18.0 Å². The van der Waals surface area contributed by atoms with Crippen molar-refractivity contribution in [2.75, 3.05) is 27.3 Å². The fourth-order valence-corrected chi connectivity index (χ4v) is 8.14. The van der Waals surface area contributed by atoms with Gasteiger partial charge in [-0.15, -0.1) is 0 Å². The molecule has 0 unspecified atom stereocenters. The van der Waals surface area contributed by atoms with Gasteiger partial charge in [-0.1, -0.05) is 13.0 Å². The van der Waals surface area contributed by atoms with Crippen molar-refractivity contribution in [2.45, 2.75) is 70.1 Å². The molecule has 2 heterocycles. The van der Waals surface area contributed by atoms with E-state index in [9.17, 15) is 9.59 Å². The van der Waals surface area contributed by atoms with Crippen LogP contribution in [-0.4, -0.2) is 61.9 Å². The van der Waals surface area contributed by atoms with Gasteiger partial charge >= 0.3 is 11.9 Å². The minimum Gasteiger partial charge on any atom is -0.493 e. The second-order valence-corrected chi connectivity index (χ2v) is 11.1. The van der Waals surface area contributed by atoms with E-state index in [0.717, 1.165) is 44.3 Å². The Morgan fingerprint density at radius 3 is 2.42 bits per heavy atom. The van der Waals surface area contributed by atoms with Gasteiger partial charge in [0.1, 0.15) is 12.2 Å². The summed E-state index contributed by atoms with van der Waals surface area (Å²) in [4.78, 5) is 28.1. The number of nitrogens with zero attached hydrogens (tertiary/aromatic N) is 1. The predicted molar refractivity (Wildman–Crippen MR) is 136 cm³/mol. The smallest absolute Gasteiger partial charge is 0.331 e. The number of ether oxygens (including phenoxy) is 4. The molecule has 1 spiro atoms. The quantitative estimate of drug-likeness (QED) is 0.424. The van der Waals surface area contributed by atoms with E-state index in [4.69, 9.17) is 18.9 Å². The SMILES string of the molecule is COc1ccc(/C=C/C(=O)O[C@@H]2[C@@H](OC(C)=O)[C@@H]3C[C@@H](C)C[C@@]45[C@@H]2CCCN4CCC[C@@H]35)cc1OC. The number of hydrogen-bond donors (Lipinski definition) is 0. The molecule has 5 rings (SSSR count). The molecular formula is C29H39NO6. The second kappa shape index (κ2) is 10.1. The van der Waals surface area contributed by atoms with Crippen molar-refractivity contribution in [1.82, 2.24) is 4.90 Å². The van der Waals surface area contributed by atoms with E-state index in [-0.39, 0.29) is 29.4 Å². The molecular weight excluding hydrogens is 458 g/mol. The summed E-state index contributed by atoms with van der Waals surface area (Å²) in [5, 5.41) is 0. The third-order valence-electron chi connectivity index (χ3n) is 9.14. The molecule has 4 fully saturated rings. The molecule has 1 aromatic carbocycles. The van der Waals surface area contributed by atoms with Crippen molar-refractivity contribution in [1.29, 1.82) is 0 Å². The number of piperidine rings is 2. The molecule has 0 radical (unpaired) electrons. The summed E-state index contributed by atoms with van der Waals surface area (Å²) in [7, 11) is 3.17. The predicted octanol–water partition coefficient (Wildman–Crippen LogP) is 4.48. The van der Waals surface area contributed by atoms with Gasteiger partial charge in [-0.25, -0.2) is 4.79 Å². The Bertz CT molecular complexity index is 1020. The highest BCUT2D eigenvalue weighted by atomic mass is 16.6. The van der Waals surface area contributed by atoms with Gasteiger partial charge in [0.05, 0.1) is 14.2 Å². The summed E-state index contributed by atoms with van der Waals surface area (Å²) >= 11 is 0. The summed E-state index contributed by atoms with van der Waals surface area (Å²) in [6.45, 7) is 6.03. The largest absolute Gasteiger partial charge is 0.493 e. The molecule has 196 valence electrons. The van der Waals surface area contributed by atoms with Gasteiger partial charge in [-0.05, 0) is 87.2 Å². The van der Waals surface area contributed by atoms with Crippen LogP contribution in [0.5, 0.6) is 11.5 Å². The molecule has 0 aromatic heterocycles. The zero-order valence-electron chi connectivity index (χ0n) is 21.9. The fraction of sp³-hybridized carbons (Fsp3) is 0.655. The van der Waals surface area contributed by atoms with Crippen molar-refractivity contribution in [3.63, 3.8) is 0 Å². The van der Waals surface area contributed by atoms with Gasteiger partial charge in [-0.2, -0.15) is 0 Å². The minimum absolute atomic E-state index is 0.0491. The molecule has 7 heteroatoms. The first kappa shape index (κ1) is 25.1. The van der Waals surface area contributed by atoms with Crippen LogP contribution < -0.4 is 9.47 Å². The van der Waals surface area contributed by atoms with Crippen LogP contribution in [0.4, 0.5) is 0 Å². The summed E-state index contributed by atoms with van der Waals surface area (Å²) < 4.78 is 22.9. The first-order valence-corrected chi connectivity index (χ1v) is 13.4. The van der Waals surface area contributed by atoms with Crippen LogP contribution in [0.15, 0.2) is 24.3 Å². The fourth-order valence-electron chi connectivity index (χ4n) is 8.14. The Kier molecular flexibility index (Phi) is 7.03. The maximum atomic E-state index is 13.2. The van der Waals surface area contributed by atoms with E-state index >= 15 is 0 Å². The third-order valence-corrected chi connectivity index (χ3v) is 9.14. The van der Waals surface area contributed by atoms with E-state index in [1.54, 1.807) is 20.3 Å². The van der Waals surface area contributed by atoms with Gasteiger partial charge in [0.25, 0.3) is 0 Å². The maximum Gasteiger partial charge on any atom is 0.331 e. The Hall–Kier alpha value is -2.54. The van der Waals surface area contributed by atoms with Crippen molar-refractivity contribution in [3.05, 3.63) is 29.8 Å². The van der Waals surface area contributed by atoms with Crippen LogP contribution in [-0.2, 0) is 19.1 Å². The van der Waals surface area contributed by atoms with Gasteiger partial charge < -0.3 is 18.9 Å². The van der Waals surface area contributed by atoms with Crippen LogP contribution in [0, 0.1) is 23.7 Å². The molecule has 36 heavy (non-hydrogen) atoms. The van der Waals surface area contributed by atoms with Gasteiger partial charge in [-0.3, -0.25) is 9.69 Å². The van der Waals surface area contributed by atoms with Crippen LogP contribution in [0.1, 0.15) is 57.9 Å². The zero-order valence-corrected chi connectivity index (χ0v) is 21.9. The monoisotopic (exact) mass is 497 g/mol. The molecule has 2 aliphatic carbocycles. The average molecular weight is 498 g/mol. The lowest BCUT2D eigenvalue weighted by atomic mass is 9.47. The van der Waals surface area contributed by atoms with Gasteiger partial charge in [0, 0.05) is 30.4 Å². The summed E-state index contributed by atoms with van der Waals surface area (Å²) in [5.74, 6) is 1.99. The molecule has 2 bridgehead atoms. The molecule has 1 aromatic rings. The van der Waals surface area contributed by atoms with Crippen molar-refractivity contribution < 1.29 is 28.5 Å². The lowest BCUT2D eigenvalue weighted by Crippen LogP contribution is -2.75. The van der Waals surface area contributed by atoms with Crippen molar-refractivity contribution in [3.8, 4) is 11.5 Å². The molecule has 4 aliphatic rings. The average Bonchev–Trinajstić information content (AvgIpc) is 2.86. The highest BCUT2D eigenvalue weighted by molar-refractivity contribution is 5.87. The van der Waals surface area contributed by atoms with Gasteiger partial charge in [0.15, 0.2) is 11.5 Å². The molecule has 2 saturated heterocycles. The van der Waals surface area contributed by atoms with Crippen molar-refractivity contribution in [2.24, 2.45) is 23.7 Å². The Balaban J connectivity index is 1.43. The first-order valence-electron chi connectivity index (χ1n) is 13.4. The summed E-state index contributed by atoms with van der Waals surface area (Å²) in [6, 6.07) is 5.49. The maximum absolute atomic E-state index is 13.2. The minimum atomic E-state index is -0.425. The number of rotatable bonds is 6. The Morgan fingerprint density at radius 2 is 1.72 bits per heavy atom. The van der Waals surface area contributed by atoms with Crippen LogP contribution in [0.25, 0.3) is 6.08 Å². The number of carbonyl (C=O) groups excluding carboxylic acids is 2. The van der Waals surface area contributed by atoms with E-state index in [1.165, 1.54) is 25.8 Å². The first-order chi connectivity index (χ1) is 17.4. The number of carbonyl (C=O) groups is 2. The molecule has 0 amide bonds. The second-order valence-electron chi connectivity index (χ2n) is 11.1. The standard InChI is InChI=1S/C29H39NO6/c1-18-15-21-22-7-5-13-30-14-6-8-23(29(22,30)17-18)28(27(21)35-19(2)31)36-26(32)12-10-20-9-11-24(33-3)25(16-20)34-4/h9-12,16,18,21-23,27-28H,5-8,13-15,17H2,1-4H3/b12-10+/t18-,21-,22+,23-,27+,28+,29-/m1/s1. The summed E-state index contributed by atoms with van der Waals surface area (Å²) in [5.41, 5.74) is 0.860. The number of methoxy groups -OCH3 is 2. The lowest BCUT2D eigenvalue weighted by molar-refractivity contribution is -0.247. The number of hydrogen-bond acceptors (Lipinski definition) is 7. The Labute approximate surface area is 214 Å². The van der Waals surface area contributed by atoms with Crippen LogP contribution in [0.2, 0.25) is 0 Å². The third kappa shape index (κ3) is 4.29. The van der Waals surface area contributed by atoms with E-state index in [2.05, 4.69) is 11.8 Å². The topological polar surface area (TPSA) is 74.3 Å². The molecule has 7 atom stereocenters. The van der Waals surface area contributed by atoms with Crippen LogP contribution >= 0.6 is 0 Å². The molecule has 2 saturated carbocycles. The van der Waals surface area contributed by atoms with Gasteiger partial charge in [0.2, 0.25) is 0 Å². The normalized spacial score (nSPS) is 35.6. The van der Waals surface area contributed by atoms with E-state index in [0.29, 0.717) is 23.3 Å². The highest BCUT2D eigenvalue weighted by Gasteiger charge is 2.67. The molecule has 7 nitrogen and oxygen atoms in total. The van der Waals surface area contributed by atoms with Crippen LogP contribution in [0.3, 0.4) is 0 Å². The highest BCUT2D eigenvalue weighted by Crippen LogP contribution is 2.61. The number of esters is 2. The molecule has 2 aliphatic heterocycles. The lowest BCUT2D eigenvalue weighted by Gasteiger charge is -2.68. The van der Waals surface area contributed by atoms with E-state index in [1.807, 2.05) is 18.2 Å². The Morgan fingerprint density at radius 1 is 1.00 bits per heavy atom. The van der Waals surface area contributed by atoms with E-state index < -0.39 is 12.1 Å². The zero-order chi connectivity index (χ0) is 25.4. The molecule has 0 N–H and O–H groups in total.